The molecular weight excluding hydrogens is 340 g/mol. The number of pyridine rings is 1. The number of nitrogen functional groups attached to an aromatic ring is 1. The van der Waals surface area contributed by atoms with Crippen LogP contribution in [0.5, 0.6) is 5.75 Å². The molecule has 2 aromatic carbocycles. The van der Waals surface area contributed by atoms with Gasteiger partial charge in [-0.1, -0.05) is 23.4 Å². The maximum atomic E-state index is 6.22. The third-order valence-electron chi connectivity index (χ3n) is 4.56. The Morgan fingerprint density at radius 2 is 1.89 bits per heavy atom. The van der Waals surface area contributed by atoms with Crippen LogP contribution in [0.1, 0.15) is 11.5 Å². The van der Waals surface area contributed by atoms with Crippen LogP contribution < -0.4 is 15.8 Å². The first-order chi connectivity index (χ1) is 13.1. The number of aryl methyl sites for hydroxylation is 2. The quantitative estimate of drug-likeness (QED) is 0.541. The number of ether oxygens (including phenoxy) is 1. The number of nitrogens with one attached hydrogen (secondary N) is 1. The summed E-state index contributed by atoms with van der Waals surface area (Å²) in [5.41, 5.74) is 12.0. The van der Waals surface area contributed by atoms with Gasteiger partial charge in [0.15, 0.2) is 0 Å². The van der Waals surface area contributed by atoms with Gasteiger partial charge in [-0.25, -0.2) is 0 Å². The van der Waals surface area contributed by atoms with Crippen molar-refractivity contribution in [2.24, 2.45) is 0 Å². The zero-order valence-corrected chi connectivity index (χ0v) is 15.4. The van der Waals surface area contributed by atoms with Gasteiger partial charge >= 0.3 is 0 Å². The summed E-state index contributed by atoms with van der Waals surface area (Å²) in [4.78, 5) is 4.52. The van der Waals surface area contributed by atoms with Gasteiger partial charge in [-0.3, -0.25) is 4.98 Å². The van der Waals surface area contributed by atoms with Crippen LogP contribution in [0.4, 0.5) is 17.1 Å². The fourth-order valence-electron chi connectivity index (χ4n) is 3.27. The van der Waals surface area contributed by atoms with Crippen LogP contribution in [-0.2, 0) is 0 Å². The lowest BCUT2D eigenvalue weighted by Gasteiger charge is -2.15. The highest BCUT2D eigenvalue weighted by atomic mass is 16.5. The van der Waals surface area contributed by atoms with Gasteiger partial charge < -0.3 is 20.3 Å². The molecule has 0 aliphatic heterocycles. The number of hydrogen-bond acceptors (Lipinski definition) is 6. The van der Waals surface area contributed by atoms with E-state index in [0.717, 1.165) is 44.9 Å². The second kappa shape index (κ2) is 6.64. The SMILES string of the molecule is COc1cc2c(Nc3ccccc3)c(N)cnc2cc1-c1c(C)noc1C. The van der Waals surface area contributed by atoms with Gasteiger partial charge in [0.2, 0.25) is 0 Å². The minimum absolute atomic E-state index is 0.568. The maximum absolute atomic E-state index is 6.22. The second-order valence-electron chi connectivity index (χ2n) is 6.35. The van der Waals surface area contributed by atoms with Gasteiger partial charge in [-0.15, -0.1) is 0 Å². The van der Waals surface area contributed by atoms with Crippen molar-refractivity contribution in [3.05, 3.63) is 60.1 Å². The Hall–Kier alpha value is -3.54. The molecule has 0 unspecified atom stereocenters. The van der Waals surface area contributed by atoms with E-state index in [0.29, 0.717) is 11.4 Å². The second-order valence-corrected chi connectivity index (χ2v) is 6.35. The molecule has 0 fully saturated rings. The van der Waals surface area contributed by atoms with Crippen molar-refractivity contribution in [1.82, 2.24) is 10.1 Å². The van der Waals surface area contributed by atoms with Crippen molar-refractivity contribution in [2.45, 2.75) is 13.8 Å². The summed E-state index contributed by atoms with van der Waals surface area (Å²) in [5, 5.41) is 8.33. The molecule has 3 N–H and O–H groups in total. The first-order valence-corrected chi connectivity index (χ1v) is 8.60. The molecule has 0 radical (unpaired) electrons. The van der Waals surface area contributed by atoms with Crippen LogP contribution in [0.3, 0.4) is 0 Å². The smallest absolute Gasteiger partial charge is 0.141 e. The highest BCUT2D eigenvalue weighted by Gasteiger charge is 2.19. The van der Waals surface area contributed by atoms with E-state index >= 15 is 0 Å². The van der Waals surface area contributed by atoms with Crippen LogP contribution >= 0.6 is 0 Å². The molecule has 136 valence electrons. The molecule has 0 saturated heterocycles. The average molecular weight is 360 g/mol. The Balaban J connectivity index is 1.93. The molecule has 0 amide bonds. The van der Waals surface area contributed by atoms with Gasteiger partial charge in [0, 0.05) is 16.6 Å². The first kappa shape index (κ1) is 16.9. The molecule has 6 heteroatoms. The van der Waals surface area contributed by atoms with Gasteiger partial charge in [0.1, 0.15) is 11.5 Å². The van der Waals surface area contributed by atoms with E-state index < -0.39 is 0 Å². The predicted octanol–water partition coefficient (Wildman–Crippen LogP) is 4.84. The van der Waals surface area contributed by atoms with E-state index in [-0.39, 0.29) is 0 Å². The number of nitrogens with zero attached hydrogens (tertiary/aromatic N) is 2. The minimum atomic E-state index is 0.568. The topological polar surface area (TPSA) is 86.2 Å². The largest absolute Gasteiger partial charge is 0.496 e. The first-order valence-electron chi connectivity index (χ1n) is 8.60. The van der Waals surface area contributed by atoms with E-state index in [2.05, 4.69) is 15.5 Å². The molecule has 0 atom stereocenters. The molecule has 4 aromatic rings. The molecule has 0 saturated carbocycles. The fourth-order valence-corrected chi connectivity index (χ4v) is 3.27. The number of aromatic nitrogens is 2. The average Bonchev–Trinajstić information content (AvgIpc) is 3.02. The highest BCUT2D eigenvalue weighted by molar-refractivity contribution is 6.02. The maximum Gasteiger partial charge on any atom is 0.141 e. The Kier molecular flexibility index (Phi) is 4.16. The highest BCUT2D eigenvalue weighted by Crippen LogP contribution is 2.40. The molecular formula is C21H20N4O2. The number of methoxy groups -OCH3 is 1. The lowest BCUT2D eigenvalue weighted by atomic mass is 10.00. The summed E-state index contributed by atoms with van der Waals surface area (Å²) in [5.74, 6) is 1.45. The van der Waals surface area contributed by atoms with Crippen LogP contribution in [0.25, 0.3) is 22.0 Å². The number of benzene rings is 2. The predicted molar refractivity (Wildman–Crippen MR) is 107 cm³/mol. The Labute approximate surface area is 157 Å². The normalized spacial score (nSPS) is 10.9. The molecule has 27 heavy (non-hydrogen) atoms. The molecule has 0 spiro atoms. The summed E-state index contributed by atoms with van der Waals surface area (Å²) in [6.07, 6.45) is 1.66. The number of para-hydroxylation sites is 1. The molecule has 0 aliphatic carbocycles. The van der Waals surface area contributed by atoms with Crippen molar-refractivity contribution in [3.63, 3.8) is 0 Å². The van der Waals surface area contributed by atoms with E-state index in [9.17, 15) is 0 Å². The number of anilines is 3. The summed E-state index contributed by atoms with van der Waals surface area (Å²) in [7, 11) is 1.65. The van der Waals surface area contributed by atoms with Crippen molar-refractivity contribution < 1.29 is 9.26 Å². The Bertz CT molecular complexity index is 1100. The summed E-state index contributed by atoms with van der Waals surface area (Å²) >= 11 is 0. The van der Waals surface area contributed by atoms with E-state index in [1.807, 2.05) is 56.3 Å². The zero-order chi connectivity index (χ0) is 19.0. The van der Waals surface area contributed by atoms with Crippen LogP contribution in [0.2, 0.25) is 0 Å². The van der Waals surface area contributed by atoms with Crippen molar-refractivity contribution in [2.75, 3.05) is 18.2 Å². The minimum Gasteiger partial charge on any atom is -0.496 e. The van der Waals surface area contributed by atoms with Gasteiger partial charge in [0.25, 0.3) is 0 Å². The fraction of sp³-hybridized carbons (Fsp3) is 0.143. The van der Waals surface area contributed by atoms with Gasteiger partial charge in [-0.2, -0.15) is 0 Å². The van der Waals surface area contributed by atoms with Crippen molar-refractivity contribution >= 4 is 28.0 Å². The summed E-state index contributed by atoms with van der Waals surface area (Å²) < 4.78 is 11.0. The summed E-state index contributed by atoms with van der Waals surface area (Å²) in [6, 6.07) is 13.8. The summed E-state index contributed by atoms with van der Waals surface area (Å²) in [6.45, 7) is 3.80. The van der Waals surface area contributed by atoms with Gasteiger partial charge in [0.05, 0.1) is 41.5 Å². The van der Waals surface area contributed by atoms with Crippen LogP contribution in [0, 0.1) is 13.8 Å². The number of hydrogen-bond donors (Lipinski definition) is 2. The molecule has 4 rings (SSSR count). The van der Waals surface area contributed by atoms with Crippen LogP contribution in [-0.4, -0.2) is 17.3 Å². The zero-order valence-electron chi connectivity index (χ0n) is 15.4. The molecule has 2 heterocycles. The Morgan fingerprint density at radius 3 is 2.56 bits per heavy atom. The van der Waals surface area contributed by atoms with E-state index in [4.69, 9.17) is 15.0 Å². The third kappa shape index (κ3) is 2.95. The number of fused-ring (bicyclic) bond motifs is 1. The monoisotopic (exact) mass is 360 g/mol. The lowest BCUT2D eigenvalue weighted by molar-refractivity contribution is 0.393. The Morgan fingerprint density at radius 1 is 1.11 bits per heavy atom. The van der Waals surface area contributed by atoms with Crippen LogP contribution in [0.15, 0.2) is 53.2 Å². The molecule has 0 aliphatic rings. The van der Waals surface area contributed by atoms with Gasteiger partial charge in [-0.05, 0) is 38.1 Å². The number of nitrogens with two attached hydrogens (primary N) is 1. The van der Waals surface area contributed by atoms with Crippen molar-refractivity contribution in [3.8, 4) is 16.9 Å². The van der Waals surface area contributed by atoms with E-state index in [1.54, 1.807) is 13.3 Å². The molecule has 2 aromatic heterocycles. The third-order valence-corrected chi connectivity index (χ3v) is 4.56. The van der Waals surface area contributed by atoms with Crippen molar-refractivity contribution in [1.29, 1.82) is 0 Å². The lowest BCUT2D eigenvalue weighted by Crippen LogP contribution is -2.00. The molecule has 6 nitrogen and oxygen atoms in total. The standard InChI is InChI=1S/C21H20N4O2/c1-12-20(13(2)27-25-12)16-9-18-15(10-19(16)26-3)21(17(22)11-23-18)24-14-7-5-4-6-8-14/h4-11H,22H2,1-3H3,(H,23,24). The van der Waals surface area contributed by atoms with E-state index in [1.165, 1.54) is 0 Å². The number of rotatable bonds is 4. The molecule has 0 bridgehead atoms.